The average molecular weight is 85.1 g/mol. The first kappa shape index (κ1) is 5.21. The van der Waals surface area contributed by atoms with Crippen molar-refractivity contribution in [1.29, 1.82) is 0 Å². The molecule has 0 aromatic heterocycles. The van der Waals surface area contributed by atoms with Crippen LogP contribution in [0.15, 0.2) is 11.8 Å². The average Bonchev–Trinajstić information content (AvgIpc) is 1.35. The van der Waals surface area contributed by atoms with Crippen LogP contribution in [-0.2, 0) is 4.79 Å². The third kappa shape index (κ3) is 3.21. The van der Waals surface area contributed by atoms with Crippen molar-refractivity contribution in [2.45, 2.75) is 6.92 Å². The van der Waals surface area contributed by atoms with Crippen LogP contribution in [0.25, 0.3) is 0 Å². The SMILES string of the molecule is CC(O)=C[C]=O. The fourth-order valence-corrected chi connectivity index (χ4v) is 0.0853. The summed E-state index contributed by atoms with van der Waals surface area (Å²) >= 11 is 0. The van der Waals surface area contributed by atoms with Crippen molar-refractivity contribution in [3.8, 4) is 0 Å². The Hall–Kier alpha value is -0.790. The monoisotopic (exact) mass is 85.0 g/mol. The zero-order valence-corrected chi connectivity index (χ0v) is 3.43. The molecule has 6 heavy (non-hydrogen) atoms. The third-order valence-corrected chi connectivity index (χ3v) is 0.268. The molecule has 2 nitrogen and oxygen atoms in total. The molecule has 0 aliphatic carbocycles. The number of hydrogen-bond acceptors (Lipinski definition) is 2. The van der Waals surface area contributed by atoms with Gasteiger partial charge >= 0.3 is 0 Å². The smallest absolute Gasteiger partial charge is 0.229 e. The normalized spacial score (nSPS) is 11.2. The van der Waals surface area contributed by atoms with Gasteiger partial charge in [-0.1, -0.05) is 0 Å². The van der Waals surface area contributed by atoms with E-state index < -0.39 is 0 Å². The molecule has 0 fully saturated rings. The first-order valence-corrected chi connectivity index (χ1v) is 1.51. The second-order valence-corrected chi connectivity index (χ2v) is 0.904. The molecule has 0 unspecified atom stereocenters. The molecule has 0 bridgehead atoms. The highest BCUT2D eigenvalue weighted by molar-refractivity contribution is 5.65. The van der Waals surface area contributed by atoms with E-state index in [2.05, 4.69) is 0 Å². The molecule has 0 amide bonds. The molecule has 0 spiro atoms. The second kappa shape index (κ2) is 2.45. The lowest BCUT2D eigenvalue weighted by Gasteiger charge is -1.74. The molecule has 0 rings (SSSR count). The van der Waals surface area contributed by atoms with Gasteiger partial charge in [0.2, 0.25) is 6.29 Å². The molecule has 2 heteroatoms. The minimum absolute atomic E-state index is 0.00926. The van der Waals surface area contributed by atoms with Crippen molar-refractivity contribution in [2.24, 2.45) is 0 Å². The minimum atomic E-state index is -0.00926. The number of aliphatic hydroxyl groups excluding tert-OH is 1. The van der Waals surface area contributed by atoms with E-state index in [9.17, 15) is 4.79 Å². The van der Waals surface area contributed by atoms with Crippen molar-refractivity contribution >= 4 is 6.29 Å². The van der Waals surface area contributed by atoms with E-state index in [4.69, 9.17) is 5.11 Å². The molecule has 1 N–H and O–H groups in total. The lowest BCUT2D eigenvalue weighted by Crippen LogP contribution is -1.67. The molecular formula is C4H5O2. The molecule has 0 aliphatic heterocycles. The van der Waals surface area contributed by atoms with E-state index in [0.717, 1.165) is 6.08 Å². The van der Waals surface area contributed by atoms with E-state index in [0.29, 0.717) is 0 Å². The van der Waals surface area contributed by atoms with Crippen LogP contribution < -0.4 is 0 Å². The predicted molar refractivity (Wildman–Crippen MR) is 22.1 cm³/mol. The lowest BCUT2D eigenvalue weighted by atomic mass is 10.5. The Morgan fingerprint density at radius 3 is 2.50 bits per heavy atom. The van der Waals surface area contributed by atoms with Crippen LogP contribution in [-0.4, -0.2) is 11.4 Å². The van der Waals surface area contributed by atoms with E-state index >= 15 is 0 Å². The summed E-state index contributed by atoms with van der Waals surface area (Å²) in [6.07, 6.45) is 2.36. The van der Waals surface area contributed by atoms with E-state index in [-0.39, 0.29) is 5.76 Å². The van der Waals surface area contributed by atoms with Gasteiger partial charge in [0.25, 0.3) is 0 Å². The van der Waals surface area contributed by atoms with E-state index in [1.165, 1.54) is 13.2 Å². The highest BCUT2D eigenvalue weighted by Crippen LogP contribution is 1.75. The summed E-state index contributed by atoms with van der Waals surface area (Å²) in [5.74, 6) is -0.00926. The van der Waals surface area contributed by atoms with Gasteiger partial charge in [0.1, 0.15) is 0 Å². The van der Waals surface area contributed by atoms with Crippen LogP contribution in [0.3, 0.4) is 0 Å². The van der Waals surface area contributed by atoms with Crippen molar-refractivity contribution in [2.75, 3.05) is 0 Å². The van der Waals surface area contributed by atoms with Gasteiger partial charge in [-0.15, -0.1) is 0 Å². The second-order valence-electron chi connectivity index (χ2n) is 0.904. The maximum absolute atomic E-state index is 9.25. The fraction of sp³-hybridized carbons (Fsp3) is 0.250. The topological polar surface area (TPSA) is 37.3 Å². The molecule has 1 radical (unpaired) electrons. The van der Waals surface area contributed by atoms with Gasteiger partial charge in [0.05, 0.1) is 5.76 Å². The Labute approximate surface area is 36.1 Å². The van der Waals surface area contributed by atoms with Crippen LogP contribution in [0.4, 0.5) is 0 Å². The summed E-state index contributed by atoms with van der Waals surface area (Å²) in [4.78, 5) is 9.25. The molecule has 0 aromatic rings. The third-order valence-electron chi connectivity index (χ3n) is 0.268. The summed E-state index contributed by atoms with van der Waals surface area (Å²) in [5, 5.41) is 8.15. The first-order valence-electron chi connectivity index (χ1n) is 1.51. The van der Waals surface area contributed by atoms with Gasteiger partial charge in [-0.2, -0.15) is 0 Å². The summed E-state index contributed by atoms with van der Waals surface area (Å²) < 4.78 is 0. The minimum Gasteiger partial charge on any atom is -0.512 e. The number of allylic oxidation sites excluding steroid dienone is 2. The number of rotatable bonds is 1. The van der Waals surface area contributed by atoms with Crippen LogP contribution in [0.1, 0.15) is 6.92 Å². The summed E-state index contributed by atoms with van der Waals surface area (Å²) in [6.45, 7) is 1.41. The summed E-state index contributed by atoms with van der Waals surface area (Å²) in [6, 6.07) is 0. The van der Waals surface area contributed by atoms with Crippen LogP contribution in [0.2, 0.25) is 0 Å². The Balaban J connectivity index is 3.41. The molecule has 0 heterocycles. The number of carbonyl (C=O) groups excluding carboxylic acids is 1. The summed E-state index contributed by atoms with van der Waals surface area (Å²) in [7, 11) is 0. The van der Waals surface area contributed by atoms with Gasteiger partial charge in [-0.3, -0.25) is 4.79 Å². The van der Waals surface area contributed by atoms with Gasteiger partial charge in [-0.25, -0.2) is 0 Å². The largest absolute Gasteiger partial charge is 0.512 e. The molecular weight excluding hydrogens is 80.0 g/mol. The molecule has 0 saturated heterocycles. The predicted octanol–water partition coefficient (Wildman–Crippen LogP) is 0.558. The van der Waals surface area contributed by atoms with Crippen molar-refractivity contribution < 1.29 is 9.90 Å². The summed E-state index contributed by atoms with van der Waals surface area (Å²) in [5.41, 5.74) is 0. The van der Waals surface area contributed by atoms with Crippen molar-refractivity contribution in [1.82, 2.24) is 0 Å². The highest BCUT2D eigenvalue weighted by atomic mass is 16.3. The highest BCUT2D eigenvalue weighted by Gasteiger charge is 1.71. The first-order chi connectivity index (χ1) is 2.77. The maximum Gasteiger partial charge on any atom is 0.229 e. The Morgan fingerprint density at radius 2 is 2.50 bits per heavy atom. The number of hydrogen-bond donors (Lipinski definition) is 1. The van der Waals surface area contributed by atoms with Crippen molar-refractivity contribution in [3.63, 3.8) is 0 Å². The van der Waals surface area contributed by atoms with Crippen LogP contribution in [0.5, 0.6) is 0 Å². The molecule has 0 atom stereocenters. The molecule has 0 aliphatic rings. The molecule has 0 saturated carbocycles. The zero-order chi connectivity index (χ0) is 4.99. The lowest BCUT2D eigenvalue weighted by molar-refractivity contribution is 0.414. The standard InChI is InChI=1S/C4H5O2/c1-4(6)2-3-5/h2,6H,1H3. The fourth-order valence-electron chi connectivity index (χ4n) is 0.0853. The zero-order valence-electron chi connectivity index (χ0n) is 3.43. The van der Waals surface area contributed by atoms with Gasteiger partial charge in [0, 0.05) is 6.08 Å². The van der Waals surface area contributed by atoms with Gasteiger partial charge < -0.3 is 5.11 Å². The van der Waals surface area contributed by atoms with Crippen molar-refractivity contribution in [3.05, 3.63) is 11.8 Å². The Morgan fingerprint density at radius 1 is 2.00 bits per heavy atom. The molecule has 0 aromatic carbocycles. The van der Waals surface area contributed by atoms with Gasteiger partial charge in [0.15, 0.2) is 0 Å². The number of aliphatic hydroxyl groups is 1. The van der Waals surface area contributed by atoms with E-state index in [1.54, 1.807) is 0 Å². The van der Waals surface area contributed by atoms with E-state index in [1.807, 2.05) is 0 Å². The Kier molecular flexibility index (Phi) is 2.13. The maximum atomic E-state index is 9.25. The van der Waals surface area contributed by atoms with Gasteiger partial charge in [-0.05, 0) is 6.92 Å². The van der Waals surface area contributed by atoms with Crippen LogP contribution in [0, 0.1) is 0 Å². The van der Waals surface area contributed by atoms with Crippen LogP contribution >= 0.6 is 0 Å². The Bertz CT molecular complexity index is 69.6. The quantitative estimate of drug-likeness (QED) is 0.373. The molecule has 33 valence electrons.